The third-order valence-corrected chi connectivity index (χ3v) is 4.28. The Morgan fingerprint density at radius 2 is 2.33 bits per heavy atom. The molecule has 1 fully saturated rings. The summed E-state index contributed by atoms with van der Waals surface area (Å²) in [5.41, 5.74) is 0.163. The number of rotatable bonds is 5. The number of hydrogen-bond donors (Lipinski definition) is 1. The van der Waals surface area contributed by atoms with E-state index in [4.69, 9.17) is 4.74 Å². The van der Waals surface area contributed by atoms with E-state index in [1.165, 1.54) is 18.3 Å². The van der Waals surface area contributed by atoms with Crippen LogP contribution in [0.3, 0.4) is 0 Å². The Bertz CT molecular complexity index is 703. The summed E-state index contributed by atoms with van der Waals surface area (Å²) in [4.78, 5) is 20.4. The second kappa shape index (κ2) is 7.53. The molecule has 2 aromatic rings. The highest BCUT2D eigenvalue weighted by Gasteiger charge is 2.30. The third-order valence-electron chi connectivity index (χ3n) is 4.28. The highest BCUT2D eigenvalue weighted by atomic mass is 19.1. The molecule has 0 aromatic carbocycles. The van der Waals surface area contributed by atoms with Crippen molar-refractivity contribution in [2.24, 2.45) is 13.0 Å². The van der Waals surface area contributed by atoms with Gasteiger partial charge in [0.2, 0.25) is 5.91 Å². The normalized spacial score (nSPS) is 20.8. The van der Waals surface area contributed by atoms with Gasteiger partial charge in [0.15, 0.2) is 0 Å². The Morgan fingerprint density at radius 1 is 1.46 bits per heavy atom. The average molecular weight is 332 g/mol. The van der Waals surface area contributed by atoms with Gasteiger partial charge in [-0.1, -0.05) is 0 Å². The summed E-state index contributed by atoms with van der Waals surface area (Å²) in [7, 11) is 1.93. The number of carbonyl (C=O) groups excluding carboxylic acids is 1. The van der Waals surface area contributed by atoms with E-state index in [0.29, 0.717) is 13.2 Å². The molecule has 0 unspecified atom stereocenters. The molecule has 1 aliphatic rings. The van der Waals surface area contributed by atoms with Crippen molar-refractivity contribution in [2.45, 2.75) is 25.4 Å². The molecule has 0 spiro atoms. The molecular weight excluding hydrogens is 311 g/mol. The molecule has 7 heteroatoms. The highest BCUT2D eigenvalue weighted by molar-refractivity contribution is 5.78. The van der Waals surface area contributed by atoms with Crippen LogP contribution in [0.2, 0.25) is 0 Å². The first-order chi connectivity index (χ1) is 11.6. The first kappa shape index (κ1) is 16.6. The molecule has 24 heavy (non-hydrogen) atoms. The molecule has 6 nitrogen and oxygen atoms in total. The van der Waals surface area contributed by atoms with Crippen molar-refractivity contribution in [1.29, 1.82) is 0 Å². The van der Waals surface area contributed by atoms with E-state index in [0.717, 1.165) is 18.7 Å². The minimum atomic E-state index is -0.459. The molecule has 0 aliphatic carbocycles. The van der Waals surface area contributed by atoms with Gasteiger partial charge < -0.3 is 14.6 Å². The van der Waals surface area contributed by atoms with Crippen LogP contribution in [-0.2, 0) is 23.0 Å². The van der Waals surface area contributed by atoms with E-state index in [1.54, 1.807) is 6.20 Å². The lowest BCUT2D eigenvalue weighted by atomic mass is 9.93. The lowest BCUT2D eigenvalue weighted by molar-refractivity contribution is -0.121. The Kier molecular flexibility index (Phi) is 5.20. The SMILES string of the molecule is Cn1ccnc1[C@@H]1OCCC[C@H]1CNC(=O)Cc1ncccc1F. The molecule has 1 amide bonds. The molecule has 0 radical (unpaired) electrons. The maximum absolute atomic E-state index is 13.6. The number of carbonyl (C=O) groups is 1. The number of nitrogens with one attached hydrogen (secondary N) is 1. The van der Waals surface area contributed by atoms with Gasteiger partial charge >= 0.3 is 0 Å². The van der Waals surface area contributed by atoms with E-state index >= 15 is 0 Å². The lowest BCUT2D eigenvalue weighted by Crippen LogP contribution is -2.36. The van der Waals surface area contributed by atoms with Crippen molar-refractivity contribution in [3.05, 3.63) is 48.1 Å². The minimum Gasteiger partial charge on any atom is -0.370 e. The minimum absolute atomic E-state index is 0.0622. The number of nitrogens with zero attached hydrogens (tertiary/aromatic N) is 3. The van der Waals surface area contributed by atoms with Crippen LogP contribution in [0.15, 0.2) is 30.7 Å². The molecule has 128 valence electrons. The fourth-order valence-electron chi connectivity index (χ4n) is 3.00. The van der Waals surface area contributed by atoms with Gasteiger partial charge in [-0.3, -0.25) is 9.78 Å². The number of amides is 1. The fraction of sp³-hybridized carbons (Fsp3) is 0.471. The second-order valence-electron chi connectivity index (χ2n) is 6.00. The number of aryl methyl sites for hydroxylation is 1. The van der Waals surface area contributed by atoms with Crippen molar-refractivity contribution < 1.29 is 13.9 Å². The molecule has 3 rings (SSSR count). The molecule has 0 bridgehead atoms. The molecule has 1 saturated heterocycles. The molecule has 1 N–H and O–H groups in total. The Hall–Kier alpha value is -2.28. The van der Waals surface area contributed by atoms with Gasteiger partial charge in [0, 0.05) is 44.7 Å². The van der Waals surface area contributed by atoms with Crippen LogP contribution >= 0.6 is 0 Å². The third kappa shape index (κ3) is 3.79. The van der Waals surface area contributed by atoms with Crippen molar-refractivity contribution in [3.63, 3.8) is 0 Å². The quantitative estimate of drug-likeness (QED) is 0.906. The van der Waals surface area contributed by atoms with E-state index < -0.39 is 5.82 Å². The van der Waals surface area contributed by atoms with E-state index in [1.807, 2.05) is 17.8 Å². The molecule has 1 aliphatic heterocycles. The molecule has 2 aromatic heterocycles. The standard InChI is InChI=1S/C17H21FN4O2/c1-22-8-7-20-17(22)16-12(4-3-9-24-16)11-21-15(23)10-14-13(18)5-2-6-19-14/h2,5-8,12,16H,3-4,9-11H2,1H3,(H,21,23)/t12-,16+/m0/s1. The van der Waals surface area contributed by atoms with E-state index in [-0.39, 0.29) is 30.0 Å². The number of halogens is 1. The molecular formula is C17H21FN4O2. The van der Waals surface area contributed by atoms with Crippen LogP contribution in [0.5, 0.6) is 0 Å². The summed E-state index contributed by atoms with van der Waals surface area (Å²) in [5.74, 6) is 0.318. The van der Waals surface area contributed by atoms with E-state index in [2.05, 4.69) is 15.3 Å². The first-order valence-electron chi connectivity index (χ1n) is 8.10. The maximum Gasteiger partial charge on any atom is 0.226 e. The van der Waals surface area contributed by atoms with Gasteiger partial charge in [-0.15, -0.1) is 0 Å². The fourth-order valence-corrected chi connectivity index (χ4v) is 3.00. The zero-order chi connectivity index (χ0) is 16.9. The predicted molar refractivity (Wildman–Crippen MR) is 85.5 cm³/mol. The predicted octanol–water partition coefficient (Wildman–Crippen LogP) is 1.78. The van der Waals surface area contributed by atoms with Crippen molar-refractivity contribution >= 4 is 5.91 Å². The Labute approximate surface area is 140 Å². The number of hydrogen-bond acceptors (Lipinski definition) is 4. The van der Waals surface area contributed by atoms with Crippen molar-refractivity contribution in [3.8, 4) is 0 Å². The number of pyridine rings is 1. The average Bonchev–Trinajstić information content (AvgIpc) is 3.01. The van der Waals surface area contributed by atoms with Crippen LogP contribution in [-0.4, -0.2) is 33.6 Å². The van der Waals surface area contributed by atoms with Crippen LogP contribution in [0.4, 0.5) is 4.39 Å². The van der Waals surface area contributed by atoms with E-state index in [9.17, 15) is 9.18 Å². The lowest BCUT2D eigenvalue weighted by Gasteiger charge is -2.31. The molecule has 3 heterocycles. The maximum atomic E-state index is 13.6. The Balaban J connectivity index is 1.59. The topological polar surface area (TPSA) is 69.0 Å². The Morgan fingerprint density at radius 3 is 3.08 bits per heavy atom. The smallest absolute Gasteiger partial charge is 0.226 e. The highest BCUT2D eigenvalue weighted by Crippen LogP contribution is 2.32. The summed E-state index contributed by atoms with van der Waals surface area (Å²) in [6.45, 7) is 1.17. The summed E-state index contributed by atoms with van der Waals surface area (Å²) in [5, 5.41) is 2.88. The van der Waals surface area contributed by atoms with Crippen LogP contribution < -0.4 is 5.32 Å². The number of aromatic nitrogens is 3. The number of ether oxygens (including phenoxy) is 1. The van der Waals surface area contributed by atoms with Gasteiger partial charge in [0.1, 0.15) is 17.7 Å². The second-order valence-corrected chi connectivity index (χ2v) is 6.00. The van der Waals surface area contributed by atoms with Gasteiger partial charge in [0.25, 0.3) is 0 Å². The number of imidazole rings is 1. The van der Waals surface area contributed by atoms with Gasteiger partial charge in [0.05, 0.1) is 12.1 Å². The largest absolute Gasteiger partial charge is 0.370 e. The van der Waals surface area contributed by atoms with Gasteiger partial charge in [-0.05, 0) is 25.0 Å². The van der Waals surface area contributed by atoms with Crippen LogP contribution in [0, 0.1) is 11.7 Å². The molecule has 2 atom stereocenters. The monoisotopic (exact) mass is 332 g/mol. The van der Waals surface area contributed by atoms with Crippen molar-refractivity contribution in [2.75, 3.05) is 13.2 Å². The summed E-state index contributed by atoms with van der Waals surface area (Å²) < 4.78 is 21.4. The molecule has 0 saturated carbocycles. The van der Waals surface area contributed by atoms with Crippen molar-refractivity contribution in [1.82, 2.24) is 19.9 Å². The summed E-state index contributed by atoms with van der Waals surface area (Å²) in [6, 6.07) is 2.81. The first-order valence-corrected chi connectivity index (χ1v) is 8.10. The van der Waals surface area contributed by atoms with Gasteiger partial charge in [-0.2, -0.15) is 0 Å². The van der Waals surface area contributed by atoms with Crippen LogP contribution in [0.1, 0.15) is 30.5 Å². The summed E-state index contributed by atoms with van der Waals surface area (Å²) in [6.07, 6.45) is 6.82. The zero-order valence-corrected chi connectivity index (χ0v) is 13.6. The zero-order valence-electron chi connectivity index (χ0n) is 13.6. The van der Waals surface area contributed by atoms with Gasteiger partial charge in [-0.25, -0.2) is 9.37 Å². The van der Waals surface area contributed by atoms with Crippen LogP contribution in [0.25, 0.3) is 0 Å². The summed E-state index contributed by atoms with van der Waals surface area (Å²) >= 11 is 0.